The van der Waals surface area contributed by atoms with E-state index in [0.29, 0.717) is 5.75 Å². The molecule has 1 aliphatic rings. The maximum absolute atomic E-state index is 13.2. The average molecular weight is 316 g/mol. The number of methoxy groups -OCH3 is 1. The Bertz CT molecular complexity index is 557. The van der Waals surface area contributed by atoms with Gasteiger partial charge in [0.15, 0.2) is 6.04 Å². The summed E-state index contributed by atoms with van der Waals surface area (Å²) in [6.07, 6.45) is -4.32. The summed E-state index contributed by atoms with van der Waals surface area (Å²) in [4.78, 5) is 22.9. The summed E-state index contributed by atoms with van der Waals surface area (Å²) < 4.78 is 44.4. The summed E-state index contributed by atoms with van der Waals surface area (Å²) in [6, 6.07) is 2.20. The van der Waals surface area contributed by atoms with E-state index in [9.17, 15) is 22.8 Å². The average Bonchev–Trinajstić information content (AvgIpc) is 2.90. The number of nitrogens with one attached hydrogen (secondary N) is 2. The third kappa shape index (κ3) is 3.69. The van der Waals surface area contributed by atoms with E-state index >= 15 is 0 Å². The van der Waals surface area contributed by atoms with E-state index in [1.165, 1.54) is 31.4 Å². The number of carbonyl (C=O) groups excluding carboxylic acids is 2. The fraction of sp³-hybridized carbons (Fsp3) is 0.429. The Morgan fingerprint density at radius 1 is 1.36 bits per heavy atom. The molecule has 2 amide bonds. The molecule has 1 fully saturated rings. The smallest absolute Gasteiger partial charge is 0.412 e. The molecule has 8 heteroatoms. The van der Waals surface area contributed by atoms with Crippen molar-refractivity contribution in [1.82, 2.24) is 10.6 Å². The van der Waals surface area contributed by atoms with Crippen LogP contribution in [0.15, 0.2) is 24.3 Å². The van der Waals surface area contributed by atoms with Crippen LogP contribution in [0.5, 0.6) is 5.75 Å². The minimum Gasteiger partial charge on any atom is -0.497 e. The number of benzene rings is 1. The van der Waals surface area contributed by atoms with Gasteiger partial charge in [0, 0.05) is 6.42 Å². The molecule has 0 aromatic heterocycles. The van der Waals surface area contributed by atoms with Crippen molar-refractivity contribution < 1.29 is 27.5 Å². The third-order valence-electron chi connectivity index (χ3n) is 3.37. The van der Waals surface area contributed by atoms with Crippen molar-refractivity contribution in [3.8, 4) is 5.75 Å². The predicted molar refractivity (Wildman–Crippen MR) is 71.1 cm³/mol. The molecule has 2 rings (SSSR count). The van der Waals surface area contributed by atoms with Crippen LogP contribution in [0.2, 0.25) is 0 Å². The standard InChI is InChI=1S/C14H15F3N2O3/c1-22-9-4-2-8(3-5-9)12(14(15,16)17)19-13(21)10-6-7-11(20)18-10/h2-5,10,12H,6-7H2,1H3,(H,18,20)(H,19,21)/t10-,12-/m1/s1. The molecule has 5 nitrogen and oxygen atoms in total. The second-order valence-electron chi connectivity index (χ2n) is 4.92. The van der Waals surface area contributed by atoms with Crippen LogP contribution in [0.25, 0.3) is 0 Å². The second-order valence-corrected chi connectivity index (χ2v) is 4.92. The molecule has 1 aromatic carbocycles. The van der Waals surface area contributed by atoms with Crippen LogP contribution in [0.1, 0.15) is 24.4 Å². The highest BCUT2D eigenvalue weighted by molar-refractivity contribution is 5.91. The van der Waals surface area contributed by atoms with Gasteiger partial charge in [0.1, 0.15) is 11.8 Å². The van der Waals surface area contributed by atoms with Crippen molar-refractivity contribution >= 4 is 11.8 Å². The van der Waals surface area contributed by atoms with Crippen LogP contribution in [0.4, 0.5) is 13.2 Å². The van der Waals surface area contributed by atoms with E-state index in [4.69, 9.17) is 4.74 Å². The van der Waals surface area contributed by atoms with Crippen molar-refractivity contribution in [2.75, 3.05) is 7.11 Å². The van der Waals surface area contributed by atoms with Gasteiger partial charge in [-0.2, -0.15) is 13.2 Å². The van der Waals surface area contributed by atoms with Crippen LogP contribution < -0.4 is 15.4 Å². The van der Waals surface area contributed by atoms with Crippen LogP contribution in [-0.2, 0) is 9.59 Å². The van der Waals surface area contributed by atoms with Crippen molar-refractivity contribution in [2.24, 2.45) is 0 Å². The molecule has 1 heterocycles. The first-order valence-corrected chi connectivity index (χ1v) is 6.61. The number of rotatable bonds is 4. The van der Waals surface area contributed by atoms with Gasteiger partial charge in [-0.25, -0.2) is 0 Å². The molecule has 2 atom stereocenters. The maximum Gasteiger partial charge on any atom is 0.412 e. The number of amides is 2. The first-order chi connectivity index (χ1) is 10.3. The van der Waals surface area contributed by atoms with Crippen LogP contribution in [-0.4, -0.2) is 31.1 Å². The predicted octanol–water partition coefficient (Wildman–Crippen LogP) is 1.69. The highest BCUT2D eigenvalue weighted by Crippen LogP contribution is 2.33. The highest BCUT2D eigenvalue weighted by atomic mass is 19.4. The Kier molecular flexibility index (Phi) is 4.58. The molecule has 120 valence electrons. The Morgan fingerprint density at radius 2 is 2.00 bits per heavy atom. The Morgan fingerprint density at radius 3 is 2.45 bits per heavy atom. The summed E-state index contributed by atoms with van der Waals surface area (Å²) in [6.45, 7) is 0. The first-order valence-electron chi connectivity index (χ1n) is 6.61. The van der Waals surface area contributed by atoms with Gasteiger partial charge in [-0.05, 0) is 24.1 Å². The van der Waals surface area contributed by atoms with E-state index < -0.39 is 24.2 Å². The van der Waals surface area contributed by atoms with Crippen molar-refractivity contribution in [3.63, 3.8) is 0 Å². The minimum atomic E-state index is -4.65. The Hall–Kier alpha value is -2.25. The molecule has 0 aliphatic carbocycles. The number of ether oxygens (including phenoxy) is 1. The number of alkyl halides is 3. The number of hydrogen-bond donors (Lipinski definition) is 2. The largest absolute Gasteiger partial charge is 0.497 e. The number of hydrogen-bond acceptors (Lipinski definition) is 3. The van der Waals surface area contributed by atoms with Crippen LogP contribution >= 0.6 is 0 Å². The van der Waals surface area contributed by atoms with E-state index in [2.05, 4.69) is 5.32 Å². The van der Waals surface area contributed by atoms with E-state index in [1.54, 1.807) is 0 Å². The molecule has 0 unspecified atom stereocenters. The van der Waals surface area contributed by atoms with Gasteiger partial charge in [-0.15, -0.1) is 0 Å². The van der Waals surface area contributed by atoms with E-state index in [1.807, 2.05) is 5.32 Å². The lowest BCUT2D eigenvalue weighted by molar-refractivity contribution is -0.164. The van der Waals surface area contributed by atoms with Crippen molar-refractivity contribution in [3.05, 3.63) is 29.8 Å². The fourth-order valence-electron chi connectivity index (χ4n) is 2.20. The summed E-state index contributed by atoms with van der Waals surface area (Å²) in [5.74, 6) is -0.767. The van der Waals surface area contributed by atoms with Gasteiger partial charge in [0.2, 0.25) is 11.8 Å². The lowest BCUT2D eigenvalue weighted by atomic mass is 10.1. The second kappa shape index (κ2) is 6.25. The first kappa shape index (κ1) is 16.1. The monoisotopic (exact) mass is 316 g/mol. The van der Waals surface area contributed by atoms with Gasteiger partial charge in [0.05, 0.1) is 7.11 Å². The number of halogens is 3. The molecule has 0 radical (unpaired) electrons. The molecule has 1 aliphatic heterocycles. The van der Waals surface area contributed by atoms with Gasteiger partial charge >= 0.3 is 6.18 Å². The topological polar surface area (TPSA) is 67.4 Å². The van der Waals surface area contributed by atoms with Crippen molar-refractivity contribution in [1.29, 1.82) is 0 Å². The minimum absolute atomic E-state index is 0.106. The SMILES string of the molecule is COc1ccc([C@@H](NC(=O)[C@H]2CCC(=O)N2)C(F)(F)F)cc1. The molecule has 22 heavy (non-hydrogen) atoms. The van der Waals surface area contributed by atoms with Gasteiger partial charge in [0.25, 0.3) is 0 Å². The molecule has 0 spiro atoms. The van der Waals surface area contributed by atoms with Crippen molar-refractivity contribution in [2.45, 2.75) is 31.1 Å². The molecular formula is C14H15F3N2O3. The lowest BCUT2D eigenvalue weighted by Gasteiger charge is -2.23. The molecule has 2 N–H and O–H groups in total. The van der Waals surface area contributed by atoms with Crippen LogP contribution in [0, 0.1) is 0 Å². The number of carbonyl (C=O) groups is 2. The van der Waals surface area contributed by atoms with Gasteiger partial charge < -0.3 is 15.4 Å². The Labute approximate surface area is 124 Å². The third-order valence-corrected chi connectivity index (χ3v) is 3.37. The summed E-state index contributed by atoms with van der Waals surface area (Å²) in [7, 11) is 1.40. The van der Waals surface area contributed by atoms with E-state index in [0.717, 1.165) is 0 Å². The fourth-order valence-corrected chi connectivity index (χ4v) is 2.20. The summed E-state index contributed by atoms with van der Waals surface area (Å²) in [5.41, 5.74) is -0.106. The summed E-state index contributed by atoms with van der Waals surface area (Å²) >= 11 is 0. The molecule has 1 saturated heterocycles. The molecule has 0 saturated carbocycles. The normalized spacial score (nSPS) is 19.5. The lowest BCUT2D eigenvalue weighted by Crippen LogP contribution is -2.46. The highest BCUT2D eigenvalue weighted by Gasteiger charge is 2.43. The molecule has 1 aromatic rings. The van der Waals surface area contributed by atoms with E-state index in [-0.39, 0.29) is 24.3 Å². The summed E-state index contributed by atoms with van der Waals surface area (Å²) in [5, 5.41) is 4.30. The van der Waals surface area contributed by atoms with Crippen LogP contribution in [0.3, 0.4) is 0 Å². The molecule has 0 bridgehead atoms. The zero-order valence-corrected chi connectivity index (χ0v) is 11.7. The quantitative estimate of drug-likeness (QED) is 0.888. The zero-order chi connectivity index (χ0) is 16.3. The van der Waals surface area contributed by atoms with Gasteiger partial charge in [-0.1, -0.05) is 12.1 Å². The maximum atomic E-state index is 13.2. The van der Waals surface area contributed by atoms with Gasteiger partial charge in [-0.3, -0.25) is 9.59 Å². The molecular weight excluding hydrogens is 301 g/mol. The Balaban J connectivity index is 2.15. The zero-order valence-electron chi connectivity index (χ0n) is 11.7.